The summed E-state index contributed by atoms with van der Waals surface area (Å²) in [5.74, 6) is 0.930. The van der Waals surface area contributed by atoms with Gasteiger partial charge in [-0.25, -0.2) is 15.0 Å². The van der Waals surface area contributed by atoms with Gasteiger partial charge in [-0.2, -0.15) is 0 Å². The number of hydrogen-bond donors (Lipinski definition) is 1. The first-order valence-corrected chi connectivity index (χ1v) is 6.25. The summed E-state index contributed by atoms with van der Waals surface area (Å²) in [4.78, 5) is 13.2. The number of rotatable bonds is 3. The molecule has 2 heterocycles. The summed E-state index contributed by atoms with van der Waals surface area (Å²) in [6, 6.07) is 13.5. The number of nitrogen functional groups attached to an aromatic ring is 1. The van der Waals surface area contributed by atoms with E-state index in [2.05, 4.69) is 15.0 Å². The largest absolute Gasteiger partial charge is 0.384 e. The lowest BCUT2D eigenvalue weighted by Crippen LogP contribution is -2.02. The second kappa shape index (κ2) is 5.22. The second-order valence-electron chi connectivity index (χ2n) is 4.43. The third-order valence-electron chi connectivity index (χ3n) is 2.92. The summed E-state index contributed by atoms with van der Waals surface area (Å²) in [5, 5.41) is 1.08. The zero-order valence-corrected chi connectivity index (χ0v) is 11.1. The number of nitrogens with two attached hydrogens (primary N) is 1. The molecule has 0 aliphatic rings. The average molecular weight is 266 g/mol. The van der Waals surface area contributed by atoms with Crippen molar-refractivity contribution in [1.82, 2.24) is 15.0 Å². The molecule has 100 valence electrons. The Kier molecular flexibility index (Phi) is 3.26. The summed E-state index contributed by atoms with van der Waals surface area (Å²) in [5.41, 5.74) is 8.15. The van der Waals surface area contributed by atoms with Crippen molar-refractivity contribution >= 4 is 16.7 Å². The topological polar surface area (TPSA) is 73.9 Å². The van der Waals surface area contributed by atoms with Crippen LogP contribution < -0.4 is 5.73 Å². The number of pyridine rings is 1. The Balaban J connectivity index is 2.10. The number of methoxy groups -OCH3 is 1. The van der Waals surface area contributed by atoms with E-state index in [1.54, 1.807) is 13.2 Å². The van der Waals surface area contributed by atoms with Crippen LogP contribution >= 0.6 is 0 Å². The Bertz CT molecular complexity index is 758. The highest BCUT2D eigenvalue weighted by molar-refractivity contribution is 5.80. The van der Waals surface area contributed by atoms with E-state index in [1.807, 2.05) is 36.4 Å². The fraction of sp³-hybridized carbons (Fsp3) is 0.133. The number of nitrogens with zero attached hydrogens (tertiary/aromatic N) is 3. The normalized spacial score (nSPS) is 10.8. The van der Waals surface area contributed by atoms with E-state index in [-0.39, 0.29) is 0 Å². The number of aromatic nitrogens is 3. The van der Waals surface area contributed by atoms with Crippen molar-refractivity contribution in [3.05, 3.63) is 48.2 Å². The molecule has 0 radical (unpaired) electrons. The molecule has 5 heteroatoms. The Morgan fingerprint density at radius 3 is 2.75 bits per heavy atom. The molecule has 0 fully saturated rings. The van der Waals surface area contributed by atoms with Crippen LogP contribution in [0.3, 0.4) is 0 Å². The molecule has 5 nitrogen and oxygen atoms in total. The monoisotopic (exact) mass is 266 g/mol. The average Bonchev–Trinajstić information content (AvgIpc) is 2.46. The molecule has 0 aliphatic heterocycles. The molecular formula is C15H14N4O. The van der Waals surface area contributed by atoms with Gasteiger partial charge in [0.15, 0.2) is 5.82 Å². The van der Waals surface area contributed by atoms with Crippen molar-refractivity contribution in [3.8, 4) is 11.5 Å². The zero-order chi connectivity index (χ0) is 13.9. The van der Waals surface area contributed by atoms with E-state index in [0.29, 0.717) is 23.9 Å². The molecule has 0 aliphatic carbocycles. The predicted molar refractivity (Wildman–Crippen MR) is 77.9 cm³/mol. The van der Waals surface area contributed by atoms with Crippen LogP contribution in [0.4, 0.5) is 5.82 Å². The minimum absolute atomic E-state index is 0.396. The molecule has 0 bridgehead atoms. The van der Waals surface area contributed by atoms with Gasteiger partial charge >= 0.3 is 0 Å². The van der Waals surface area contributed by atoms with Gasteiger partial charge in [0.2, 0.25) is 0 Å². The van der Waals surface area contributed by atoms with Gasteiger partial charge in [0.05, 0.1) is 17.8 Å². The lowest BCUT2D eigenvalue weighted by Gasteiger charge is -2.05. The molecule has 3 aromatic rings. The Labute approximate surface area is 116 Å². The van der Waals surface area contributed by atoms with Crippen molar-refractivity contribution in [2.24, 2.45) is 0 Å². The Morgan fingerprint density at radius 2 is 1.90 bits per heavy atom. The van der Waals surface area contributed by atoms with Gasteiger partial charge in [-0.1, -0.05) is 24.3 Å². The maximum Gasteiger partial charge on any atom is 0.180 e. The summed E-state index contributed by atoms with van der Waals surface area (Å²) in [7, 11) is 1.62. The number of benzene rings is 1. The van der Waals surface area contributed by atoms with Crippen molar-refractivity contribution in [2.75, 3.05) is 12.8 Å². The molecule has 0 saturated carbocycles. The number of para-hydroxylation sites is 1. The van der Waals surface area contributed by atoms with Crippen molar-refractivity contribution in [3.63, 3.8) is 0 Å². The summed E-state index contributed by atoms with van der Waals surface area (Å²) in [6.07, 6.45) is 0. The lowest BCUT2D eigenvalue weighted by molar-refractivity contribution is 0.181. The quantitative estimate of drug-likeness (QED) is 0.788. The maximum absolute atomic E-state index is 5.81. The number of fused-ring (bicyclic) bond motifs is 1. The highest BCUT2D eigenvalue weighted by atomic mass is 16.5. The summed E-state index contributed by atoms with van der Waals surface area (Å²) in [6.45, 7) is 0.396. The molecule has 0 unspecified atom stereocenters. The molecule has 3 rings (SSSR count). The SMILES string of the molecule is COCc1cc(N)nc(-c2ccc3ccccc3n2)n1. The van der Waals surface area contributed by atoms with Crippen LogP contribution in [-0.2, 0) is 11.3 Å². The van der Waals surface area contributed by atoms with E-state index in [9.17, 15) is 0 Å². The molecule has 2 aromatic heterocycles. The van der Waals surface area contributed by atoms with E-state index in [4.69, 9.17) is 10.5 Å². The van der Waals surface area contributed by atoms with E-state index >= 15 is 0 Å². The van der Waals surface area contributed by atoms with Crippen LogP contribution in [0.1, 0.15) is 5.69 Å². The predicted octanol–water partition coefficient (Wildman–Crippen LogP) is 2.42. The summed E-state index contributed by atoms with van der Waals surface area (Å²) < 4.78 is 5.08. The number of hydrogen-bond acceptors (Lipinski definition) is 5. The van der Waals surface area contributed by atoms with Crippen LogP contribution in [0.25, 0.3) is 22.4 Å². The zero-order valence-electron chi connectivity index (χ0n) is 11.1. The molecule has 0 saturated heterocycles. The first kappa shape index (κ1) is 12.5. The Morgan fingerprint density at radius 1 is 1.05 bits per heavy atom. The van der Waals surface area contributed by atoms with Gasteiger partial charge in [-0.05, 0) is 12.1 Å². The lowest BCUT2D eigenvalue weighted by atomic mass is 10.2. The van der Waals surface area contributed by atoms with Gasteiger partial charge in [-0.15, -0.1) is 0 Å². The van der Waals surface area contributed by atoms with E-state index in [0.717, 1.165) is 16.6 Å². The molecule has 20 heavy (non-hydrogen) atoms. The first-order chi connectivity index (χ1) is 9.76. The Hall–Kier alpha value is -2.53. The van der Waals surface area contributed by atoms with Gasteiger partial charge in [0, 0.05) is 18.6 Å². The number of ether oxygens (including phenoxy) is 1. The van der Waals surface area contributed by atoms with Gasteiger partial charge in [-0.3, -0.25) is 0 Å². The van der Waals surface area contributed by atoms with Crippen LogP contribution in [0.15, 0.2) is 42.5 Å². The molecule has 0 atom stereocenters. The molecule has 2 N–H and O–H groups in total. The maximum atomic E-state index is 5.81. The molecule has 0 amide bonds. The van der Waals surface area contributed by atoms with Crippen LogP contribution in [0.5, 0.6) is 0 Å². The van der Waals surface area contributed by atoms with Crippen LogP contribution in [0.2, 0.25) is 0 Å². The first-order valence-electron chi connectivity index (χ1n) is 6.25. The highest BCUT2D eigenvalue weighted by Gasteiger charge is 2.07. The fourth-order valence-electron chi connectivity index (χ4n) is 2.05. The van der Waals surface area contributed by atoms with Crippen LogP contribution in [0, 0.1) is 0 Å². The smallest absolute Gasteiger partial charge is 0.180 e. The minimum Gasteiger partial charge on any atom is -0.384 e. The highest BCUT2D eigenvalue weighted by Crippen LogP contribution is 2.19. The fourth-order valence-corrected chi connectivity index (χ4v) is 2.05. The molecule has 0 spiro atoms. The summed E-state index contributed by atoms with van der Waals surface area (Å²) >= 11 is 0. The number of anilines is 1. The van der Waals surface area contributed by atoms with Crippen molar-refractivity contribution in [2.45, 2.75) is 6.61 Å². The third kappa shape index (κ3) is 2.44. The van der Waals surface area contributed by atoms with Gasteiger partial charge in [0.1, 0.15) is 11.5 Å². The van der Waals surface area contributed by atoms with Crippen molar-refractivity contribution in [1.29, 1.82) is 0 Å². The van der Waals surface area contributed by atoms with Gasteiger partial charge < -0.3 is 10.5 Å². The van der Waals surface area contributed by atoms with Gasteiger partial charge in [0.25, 0.3) is 0 Å². The van der Waals surface area contributed by atoms with Crippen molar-refractivity contribution < 1.29 is 4.74 Å². The van der Waals surface area contributed by atoms with E-state index < -0.39 is 0 Å². The second-order valence-corrected chi connectivity index (χ2v) is 4.43. The van der Waals surface area contributed by atoms with Crippen LogP contribution in [-0.4, -0.2) is 22.1 Å². The minimum atomic E-state index is 0.396. The standard InChI is InChI=1S/C15H14N4O/c1-20-9-11-8-14(16)19-15(17-11)13-7-6-10-4-2-3-5-12(10)18-13/h2-8H,9H2,1H3,(H2,16,17,19). The van der Waals surface area contributed by atoms with E-state index in [1.165, 1.54) is 0 Å². The molecular weight excluding hydrogens is 252 g/mol. The third-order valence-corrected chi connectivity index (χ3v) is 2.92. The molecule has 1 aromatic carbocycles.